The van der Waals surface area contributed by atoms with E-state index >= 15 is 0 Å². The van der Waals surface area contributed by atoms with E-state index in [0.717, 1.165) is 23.2 Å². The number of nitrogens with zero attached hydrogens (tertiary/aromatic N) is 2. The maximum absolute atomic E-state index is 13.5. The van der Waals surface area contributed by atoms with Gasteiger partial charge >= 0.3 is 5.97 Å². The van der Waals surface area contributed by atoms with Crippen LogP contribution < -0.4 is 14.5 Å². The molecule has 4 fully saturated rings. The third kappa shape index (κ3) is 3.33. The molecular weight excluding hydrogens is 480 g/mol. The Hall–Kier alpha value is -3.74. The van der Waals surface area contributed by atoms with E-state index in [4.69, 9.17) is 4.74 Å². The number of allylic oxidation sites excluding steroid dienone is 2. The highest BCUT2D eigenvalue weighted by Gasteiger charge is 2.67. The molecule has 7 heteroatoms. The van der Waals surface area contributed by atoms with E-state index in [9.17, 15) is 19.2 Å². The van der Waals surface area contributed by atoms with Crippen LogP contribution in [0.1, 0.15) is 29.5 Å². The number of carbonyl (C=O) groups is 4. The summed E-state index contributed by atoms with van der Waals surface area (Å²) in [6.07, 6.45) is 5.56. The molecule has 194 valence electrons. The Morgan fingerprint density at radius 2 is 1.53 bits per heavy atom. The number of aryl methyl sites for hydroxylation is 3. The van der Waals surface area contributed by atoms with Crippen LogP contribution in [-0.2, 0) is 19.2 Å². The molecule has 0 radical (unpaired) electrons. The lowest BCUT2D eigenvalue weighted by Gasteiger charge is -2.37. The molecule has 3 amide bonds. The number of benzene rings is 2. The Labute approximate surface area is 221 Å². The Morgan fingerprint density at radius 3 is 2.18 bits per heavy atom. The quantitative estimate of drug-likeness (QED) is 0.267. The van der Waals surface area contributed by atoms with Crippen LogP contribution in [0, 0.1) is 62.2 Å². The molecule has 2 heterocycles. The van der Waals surface area contributed by atoms with Gasteiger partial charge in [-0.2, -0.15) is 0 Å². The van der Waals surface area contributed by atoms with Gasteiger partial charge in [0, 0.05) is 18.7 Å². The number of amides is 3. The van der Waals surface area contributed by atoms with Crippen LogP contribution in [0.2, 0.25) is 0 Å². The molecule has 8 rings (SSSR count). The number of anilines is 2. The number of imide groups is 1. The van der Waals surface area contributed by atoms with E-state index in [0.29, 0.717) is 28.8 Å². The maximum Gasteiger partial charge on any atom is 0.316 e. The molecule has 0 unspecified atom stereocenters. The Bertz CT molecular complexity index is 1420. The van der Waals surface area contributed by atoms with Crippen LogP contribution in [0.15, 0.2) is 48.6 Å². The maximum atomic E-state index is 13.5. The molecule has 0 spiro atoms. The minimum atomic E-state index is -0.568. The van der Waals surface area contributed by atoms with E-state index in [1.165, 1.54) is 4.90 Å². The van der Waals surface area contributed by atoms with Crippen molar-refractivity contribution in [2.45, 2.75) is 33.6 Å². The van der Waals surface area contributed by atoms with Crippen LogP contribution in [0.4, 0.5) is 11.4 Å². The molecule has 2 saturated heterocycles. The van der Waals surface area contributed by atoms with Gasteiger partial charge in [-0.05, 0) is 91.8 Å². The predicted molar refractivity (Wildman–Crippen MR) is 140 cm³/mol. The summed E-state index contributed by atoms with van der Waals surface area (Å²) in [6.45, 7) is 6.02. The number of ether oxygens (including phenoxy) is 1. The summed E-state index contributed by atoms with van der Waals surface area (Å²) in [5.74, 6) is -0.0322. The summed E-state index contributed by atoms with van der Waals surface area (Å²) in [5.41, 5.74) is 4.11. The summed E-state index contributed by atoms with van der Waals surface area (Å²) in [6, 6.07) is 11.0. The fraction of sp³-hybridized carbons (Fsp3) is 0.419. The third-order valence-corrected chi connectivity index (χ3v) is 9.40. The molecule has 2 aromatic rings. The van der Waals surface area contributed by atoms with Crippen molar-refractivity contribution in [2.75, 3.05) is 16.3 Å². The lowest BCUT2D eigenvalue weighted by atomic mass is 9.63. The molecule has 2 aromatic carbocycles. The van der Waals surface area contributed by atoms with Crippen molar-refractivity contribution >= 4 is 35.1 Å². The van der Waals surface area contributed by atoms with Crippen molar-refractivity contribution in [3.63, 3.8) is 0 Å². The Morgan fingerprint density at radius 1 is 0.842 bits per heavy atom. The Kier molecular flexibility index (Phi) is 5.00. The minimum Gasteiger partial charge on any atom is -0.426 e. The molecular formula is C31H30N2O5. The van der Waals surface area contributed by atoms with Crippen molar-refractivity contribution in [3.05, 3.63) is 65.2 Å². The van der Waals surface area contributed by atoms with Crippen LogP contribution in [0.5, 0.6) is 5.75 Å². The van der Waals surface area contributed by atoms with Gasteiger partial charge in [-0.15, -0.1) is 0 Å². The molecule has 2 aliphatic heterocycles. The van der Waals surface area contributed by atoms with E-state index in [1.54, 1.807) is 23.1 Å². The normalized spacial score (nSPS) is 32.6. The zero-order chi connectivity index (χ0) is 26.5. The smallest absolute Gasteiger partial charge is 0.316 e. The van der Waals surface area contributed by atoms with Crippen molar-refractivity contribution < 1.29 is 23.9 Å². The number of esters is 1. The van der Waals surface area contributed by atoms with E-state index in [-0.39, 0.29) is 54.4 Å². The fourth-order valence-corrected chi connectivity index (χ4v) is 7.44. The van der Waals surface area contributed by atoms with Crippen molar-refractivity contribution in [1.82, 2.24) is 0 Å². The number of carbonyl (C=O) groups excluding carboxylic acids is 4. The van der Waals surface area contributed by atoms with E-state index in [1.807, 2.05) is 39.0 Å². The Balaban J connectivity index is 1.07. The topological polar surface area (TPSA) is 84.0 Å². The van der Waals surface area contributed by atoms with Gasteiger partial charge in [0.2, 0.25) is 17.7 Å². The molecule has 2 saturated carbocycles. The summed E-state index contributed by atoms with van der Waals surface area (Å²) in [7, 11) is 0. The SMILES string of the molecule is Cc1ccc(C)c(N2C[C@H](C(=O)Oc3ccc(N4C(=O)[C@@H]5[C@H]6C=C[C@@H]([C@@H]7C[C@@H]67)[C@@H]5C4=O)c(C)c3)CC2=O)c1. The summed E-state index contributed by atoms with van der Waals surface area (Å²) in [5, 5.41) is 0. The van der Waals surface area contributed by atoms with Crippen LogP contribution in [0.25, 0.3) is 0 Å². The van der Waals surface area contributed by atoms with Gasteiger partial charge in [-0.3, -0.25) is 19.2 Å². The largest absolute Gasteiger partial charge is 0.426 e. The van der Waals surface area contributed by atoms with Crippen LogP contribution >= 0.6 is 0 Å². The lowest BCUT2D eigenvalue weighted by Crippen LogP contribution is -2.40. The highest BCUT2D eigenvalue weighted by atomic mass is 16.5. The molecule has 0 aromatic heterocycles. The van der Waals surface area contributed by atoms with Crippen LogP contribution in [0.3, 0.4) is 0 Å². The summed E-state index contributed by atoms with van der Waals surface area (Å²) < 4.78 is 5.68. The summed E-state index contributed by atoms with van der Waals surface area (Å²) >= 11 is 0. The second-order valence-corrected chi connectivity index (χ2v) is 11.7. The second kappa shape index (κ2) is 8.13. The number of hydrogen-bond acceptors (Lipinski definition) is 5. The van der Waals surface area contributed by atoms with Gasteiger partial charge in [-0.25, -0.2) is 4.90 Å². The predicted octanol–water partition coefficient (Wildman–Crippen LogP) is 4.13. The number of hydrogen-bond donors (Lipinski definition) is 0. The van der Waals surface area contributed by atoms with E-state index < -0.39 is 11.9 Å². The standard InChI is InChI=1S/C31H30N2O5/c1-15-4-5-16(2)25(10-15)32-14-18(12-26(32)34)31(37)38-19-6-9-24(17(3)11-19)33-29(35)27-20-7-8-21(23-13-22(20)23)28(27)30(33)36/h4-11,18,20-23,27-28H,12-14H2,1-3H3/t18-,20+,21+,22+,23+,27-,28+/m1/s1. The first-order valence-electron chi connectivity index (χ1n) is 13.5. The molecule has 2 bridgehead atoms. The molecule has 0 N–H and O–H groups in total. The van der Waals surface area contributed by atoms with Crippen molar-refractivity contribution in [2.24, 2.45) is 41.4 Å². The van der Waals surface area contributed by atoms with Crippen molar-refractivity contribution in [3.8, 4) is 5.75 Å². The van der Waals surface area contributed by atoms with E-state index in [2.05, 4.69) is 12.2 Å². The zero-order valence-electron chi connectivity index (χ0n) is 21.7. The average Bonchev–Trinajstić information content (AvgIpc) is 3.57. The van der Waals surface area contributed by atoms with Gasteiger partial charge in [0.05, 0.1) is 23.4 Å². The van der Waals surface area contributed by atoms with Gasteiger partial charge < -0.3 is 9.64 Å². The highest BCUT2D eigenvalue weighted by Crippen LogP contribution is 2.65. The summed E-state index contributed by atoms with van der Waals surface area (Å²) in [4.78, 5) is 55.7. The fourth-order valence-electron chi connectivity index (χ4n) is 7.44. The lowest BCUT2D eigenvalue weighted by molar-refractivity contribution is -0.139. The minimum absolute atomic E-state index is 0.0965. The van der Waals surface area contributed by atoms with Crippen molar-refractivity contribution in [1.29, 1.82) is 0 Å². The van der Waals surface area contributed by atoms with Crippen LogP contribution in [-0.4, -0.2) is 30.2 Å². The second-order valence-electron chi connectivity index (χ2n) is 11.7. The zero-order valence-corrected chi connectivity index (χ0v) is 21.7. The molecule has 38 heavy (non-hydrogen) atoms. The van der Waals surface area contributed by atoms with Gasteiger partial charge in [0.25, 0.3) is 0 Å². The molecule has 7 atom stereocenters. The monoisotopic (exact) mass is 510 g/mol. The highest BCUT2D eigenvalue weighted by molar-refractivity contribution is 6.23. The molecule has 4 aliphatic carbocycles. The van der Waals surface area contributed by atoms with Gasteiger partial charge in [-0.1, -0.05) is 24.3 Å². The average molecular weight is 511 g/mol. The molecule has 6 aliphatic rings. The first kappa shape index (κ1) is 23.4. The van der Waals surface area contributed by atoms with Gasteiger partial charge in [0.15, 0.2) is 0 Å². The van der Waals surface area contributed by atoms with Gasteiger partial charge in [0.1, 0.15) is 5.75 Å². The first-order valence-corrected chi connectivity index (χ1v) is 13.5. The molecule has 7 nitrogen and oxygen atoms in total. The first-order chi connectivity index (χ1) is 18.2. The third-order valence-electron chi connectivity index (χ3n) is 9.40. The number of rotatable bonds is 4.